The molecule has 0 atom stereocenters. The summed E-state index contributed by atoms with van der Waals surface area (Å²) < 4.78 is 7.56. The molecule has 5 heteroatoms. The normalized spacial score (nSPS) is 11.0. The lowest BCUT2D eigenvalue weighted by atomic mass is 10.4. The zero-order valence-electron chi connectivity index (χ0n) is 11.0. The van der Waals surface area contributed by atoms with Crippen LogP contribution in [0.2, 0.25) is 0 Å². The molecule has 0 spiro atoms. The lowest BCUT2D eigenvalue weighted by Gasteiger charge is -2.06. The molecular weight excluding hydrogens is 228 g/mol. The molecule has 98 valence electrons. The number of rotatable bonds is 7. The van der Waals surface area contributed by atoms with Gasteiger partial charge in [0.15, 0.2) is 0 Å². The van der Waals surface area contributed by atoms with Crippen molar-refractivity contribution in [2.24, 2.45) is 0 Å². The Hall–Kier alpha value is -1.62. The number of aromatic nitrogens is 3. The Labute approximate surface area is 107 Å². The van der Waals surface area contributed by atoms with Crippen LogP contribution in [0.5, 0.6) is 0 Å². The third kappa shape index (κ3) is 3.20. The van der Waals surface area contributed by atoms with E-state index in [0.29, 0.717) is 6.54 Å². The minimum absolute atomic E-state index is 0.650. The molecule has 0 saturated heterocycles. The fourth-order valence-corrected chi connectivity index (χ4v) is 1.81. The van der Waals surface area contributed by atoms with Gasteiger partial charge in [0, 0.05) is 25.7 Å². The van der Waals surface area contributed by atoms with E-state index >= 15 is 0 Å². The number of aryl methyl sites for hydroxylation is 2. The molecule has 2 aromatic heterocycles. The van der Waals surface area contributed by atoms with Crippen molar-refractivity contribution in [2.45, 2.75) is 46.3 Å². The summed E-state index contributed by atoms with van der Waals surface area (Å²) in [5, 5.41) is 7.61. The molecule has 0 saturated carbocycles. The first-order valence-electron chi connectivity index (χ1n) is 6.48. The number of hydrogen-bond acceptors (Lipinski definition) is 4. The Kier molecular flexibility index (Phi) is 4.52. The lowest BCUT2D eigenvalue weighted by molar-refractivity contribution is 0.435. The van der Waals surface area contributed by atoms with E-state index in [4.69, 9.17) is 4.42 Å². The van der Waals surface area contributed by atoms with Gasteiger partial charge in [-0.25, -0.2) is 4.98 Å². The van der Waals surface area contributed by atoms with Gasteiger partial charge in [-0.2, -0.15) is 5.10 Å². The highest BCUT2D eigenvalue weighted by Gasteiger charge is 2.04. The van der Waals surface area contributed by atoms with E-state index in [1.54, 1.807) is 6.20 Å². The fourth-order valence-electron chi connectivity index (χ4n) is 1.81. The molecule has 2 aromatic rings. The molecule has 0 aliphatic carbocycles. The molecule has 18 heavy (non-hydrogen) atoms. The van der Waals surface area contributed by atoms with Gasteiger partial charge in [-0.1, -0.05) is 13.8 Å². The average molecular weight is 248 g/mol. The number of hydrogen-bond donors (Lipinski definition) is 1. The SMILES string of the molecule is CCCn1nccc1CNCc1ncc(CC)o1. The number of nitrogens with one attached hydrogen (secondary N) is 1. The van der Waals surface area contributed by atoms with Gasteiger partial charge in [0.2, 0.25) is 5.89 Å². The fraction of sp³-hybridized carbons (Fsp3) is 0.538. The molecule has 1 N–H and O–H groups in total. The predicted molar refractivity (Wildman–Crippen MR) is 68.9 cm³/mol. The van der Waals surface area contributed by atoms with E-state index in [0.717, 1.165) is 37.6 Å². The second-order valence-electron chi connectivity index (χ2n) is 4.22. The second-order valence-corrected chi connectivity index (χ2v) is 4.22. The maximum atomic E-state index is 5.53. The van der Waals surface area contributed by atoms with Crippen LogP contribution in [-0.2, 0) is 26.1 Å². The number of oxazole rings is 1. The maximum absolute atomic E-state index is 5.53. The van der Waals surface area contributed by atoms with Gasteiger partial charge in [0.25, 0.3) is 0 Å². The highest BCUT2D eigenvalue weighted by molar-refractivity contribution is 5.00. The third-order valence-electron chi connectivity index (χ3n) is 2.77. The van der Waals surface area contributed by atoms with Crippen LogP contribution in [0.15, 0.2) is 22.9 Å². The van der Waals surface area contributed by atoms with Crippen molar-refractivity contribution < 1.29 is 4.42 Å². The Morgan fingerprint density at radius 2 is 2.22 bits per heavy atom. The molecule has 0 radical (unpaired) electrons. The molecule has 0 aliphatic heterocycles. The van der Waals surface area contributed by atoms with Crippen LogP contribution in [0.4, 0.5) is 0 Å². The first-order valence-corrected chi connectivity index (χ1v) is 6.48. The maximum Gasteiger partial charge on any atom is 0.208 e. The zero-order chi connectivity index (χ0) is 12.8. The van der Waals surface area contributed by atoms with E-state index in [-0.39, 0.29) is 0 Å². The summed E-state index contributed by atoms with van der Waals surface area (Å²) in [6.45, 7) is 6.60. The van der Waals surface area contributed by atoms with Crippen LogP contribution in [0.25, 0.3) is 0 Å². The first kappa shape index (κ1) is 12.8. The van der Waals surface area contributed by atoms with Crippen molar-refractivity contribution in [3.8, 4) is 0 Å². The molecule has 0 bridgehead atoms. The van der Waals surface area contributed by atoms with Gasteiger partial charge in [-0.3, -0.25) is 4.68 Å². The highest BCUT2D eigenvalue weighted by Crippen LogP contribution is 2.05. The van der Waals surface area contributed by atoms with Crippen LogP contribution in [-0.4, -0.2) is 14.8 Å². The predicted octanol–water partition coefficient (Wildman–Crippen LogP) is 2.13. The van der Waals surface area contributed by atoms with E-state index < -0.39 is 0 Å². The van der Waals surface area contributed by atoms with Gasteiger partial charge in [0.1, 0.15) is 5.76 Å². The minimum Gasteiger partial charge on any atom is -0.444 e. The molecular formula is C13H20N4O. The summed E-state index contributed by atoms with van der Waals surface area (Å²) >= 11 is 0. The largest absolute Gasteiger partial charge is 0.444 e. The van der Waals surface area contributed by atoms with E-state index in [1.807, 2.05) is 16.9 Å². The summed E-state index contributed by atoms with van der Waals surface area (Å²) in [6.07, 6.45) is 5.61. The molecule has 5 nitrogen and oxygen atoms in total. The van der Waals surface area contributed by atoms with Crippen molar-refractivity contribution >= 4 is 0 Å². The van der Waals surface area contributed by atoms with Crippen molar-refractivity contribution in [3.63, 3.8) is 0 Å². The summed E-state index contributed by atoms with van der Waals surface area (Å²) in [7, 11) is 0. The van der Waals surface area contributed by atoms with Gasteiger partial charge in [0.05, 0.1) is 18.4 Å². The zero-order valence-corrected chi connectivity index (χ0v) is 11.0. The van der Waals surface area contributed by atoms with E-state index in [9.17, 15) is 0 Å². The van der Waals surface area contributed by atoms with Crippen LogP contribution in [0, 0.1) is 0 Å². The van der Waals surface area contributed by atoms with Crippen molar-refractivity contribution in [1.82, 2.24) is 20.1 Å². The quantitative estimate of drug-likeness (QED) is 0.815. The molecule has 0 amide bonds. The van der Waals surface area contributed by atoms with E-state index in [2.05, 4.69) is 29.2 Å². The standard InChI is InChI=1S/C13H20N4O/c1-3-7-17-11(5-6-16-17)8-14-10-13-15-9-12(4-2)18-13/h5-6,9,14H,3-4,7-8,10H2,1-2H3. The molecule has 0 fully saturated rings. The molecule has 2 heterocycles. The third-order valence-corrected chi connectivity index (χ3v) is 2.77. The summed E-state index contributed by atoms with van der Waals surface area (Å²) in [4.78, 5) is 4.21. The van der Waals surface area contributed by atoms with Crippen LogP contribution in [0.3, 0.4) is 0 Å². The average Bonchev–Trinajstić information content (AvgIpc) is 3.00. The van der Waals surface area contributed by atoms with Gasteiger partial charge in [-0.05, 0) is 12.5 Å². The van der Waals surface area contributed by atoms with Crippen molar-refractivity contribution in [1.29, 1.82) is 0 Å². The van der Waals surface area contributed by atoms with Crippen LogP contribution >= 0.6 is 0 Å². The number of nitrogens with zero attached hydrogens (tertiary/aromatic N) is 3. The Bertz CT molecular complexity index is 475. The summed E-state index contributed by atoms with van der Waals surface area (Å²) in [6, 6.07) is 2.04. The Balaban J connectivity index is 1.82. The minimum atomic E-state index is 0.650. The van der Waals surface area contributed by atoms with Gasteiger partial charge in [-0.15, -0.1) is 0 Å². The van der Waals surface area contributed by atoms with Crippen LogP contribution in [0.1, 0.15) is 37.6 Å². The smallest absolute Gasteiger partial charge is 0.208 e. The Morgan fingerprint density at radius 3 is 2.94 bits per heavy atom. The molecule has 0 aromatic carbocycles. The van der Waals surface area contributed by atoms with Crippen LogP contribution < -0.4 is 5.32 Å². The molecule has 0 aliphatic rings. The molecule has 2 rings (SSSR count). The van der Waals surface area contributed by atoms with E-state index in [1.165, 1.54) is 5.69 Å². The highest BCUT2D eigenvalue weighted by atomic mass is 16.4. The Morgan fingerprint density at radius 1 is 1.33 bits per heavy atom. The lowest BCUT2D eigenvalue weighted by Crippen LogP contribution is -2.16. The molecule has 0 unspecified atom stereocenters. The summed E-state index contributed by atoms with van der Waals surface area (Å²) in [5.41, 5.74) is 1.19. The van der Waals surface area contributed by atoms with Crippen molar-refractivity contribution in [3.05, 3.63) is 35.8 Å². The monoisotopic (exact) mass is 248 g/mol. The van der Waals surface area contributed by atoms with Crippen molar-refractivity contribution in [2.75, 3.05) is 0 Å². The summed E-state index contributed by atoms with van der Waals surface area (Å²) in [5.74, 6) is 1.68. The second kappa shape index (κ2) is 6.35. The first-order chi connectivity index (χ1) is 8.83. The topological polar surface area (TPSA) is 55.9 Å². The van der Waals surface area contributed by atoms with Gasteiger partial charge >= 0.3 is 0 Å². The van der Waals surface area contributed by atoms with Gasteiger partial charge < -0.3 is 9.73 Å².